The second kappa shape index (κ2) is 6.47. The topological polar surface area (TPSA) is 78.4 Å². The summed E-state index contributed by atoms with van der Waals surface area (Å²) in [5, 5.41) is 19.6. The number of amides is 2. The van der Waals surface area contributed by atoms with Crippen molar-refractivity contribution in [2.45, 2.75) is 33.1 Å². The van der Waals surface area contributed by atoms with Crippen molar-refractivity contribution >= 4 is 11.8 Å². The number of rotatable bonds is 4. The molecule has 0 aromatic carbocycles. The van der Waals surface area contributed by atoms with Crippen LogP contribution in [0.25, 0.3) is 0 Å². The monoisotopic (exact) mass is 266 g/mol. The van der Waals surface area contributed by atoms with Crippen LogP contribution in [0, 0.1) is 0 Å². The van der Waals surface area contributed by atoms with Crippen LogP contribution in [0.15, 0.2) is 12.1 Å². The van der Waals surface area contributed by atoms with E-state index in [1.807, 2.05) is 13.0 Å². The molecule has 2 amide bonds. The second-order valence-electron chi connectivity index (χ2n) is 5.29. The molecule has 0 aliphatic rings. The summed E-state index contributed by atoms with van der Waals surface area (Å²) in [5.74, 6) is 0.411. The van der Waals surface area contributed by atoms with E-state index in [4.69, 9.17) is 5.11 Å². The first-order valence-corrected chi connectivity index (χ1v) is 6.39. The van der Waals surface area contributed by atoms with Gasteiger partial charge in [0.2, 0.25) is 0 Å². The summed E-state index contributed by atoms with van der Waals surface area (Å²) in [6.45, 7) is 8.77. The molecule has 0 saturated heterocycles. The molecule has 0 bridgehead atoms. The quantitative estimate of drug-likeness (QED) is 0.868. The van der Waals surface area contributed by atoms with Crippen LogP contribution in [-0.4, -0.2) is 45.9 Å². The highest BCUT2D eigenvalue weighted by atomic mass is 16.3. The van der Waals surface area contributed by atoms with Gasteiger partial charge in [-0.15, -0.1) is 5.10 Å². The fraction of sp³-hybridized carbons (Fsp3) is 0.615. The number of aliphatic hydroxyl groups is 1. The summed E-state index contributed by atoms with van der Waals surface area (Å²) < 4.78 is 0. The number of likely N-dealkylation sites (N-methyl/N-ethyl adjacent to an activating group) is 1. The number of hydrogen-bond acceptors (Lipinski definition) is 4. The van der Waals surface area contributed by atoms with E-state index >= 15 is 0 Å². The molecule has 1 aromatic rings. The lowest BCUT2D eigenvalue weighted by Gasteiger charge is -2.20. The fourth-order valence-electron chi connectivity index (χ4n) is 1.51. The number of aliphatic hydroxyl groups excluding tert-OH is 1. The summed E-state index contributed by atoms with van der Waals surface area (Å²) in [6, 6.07) is 3.30. The molecule has 0 aliphatic heterocycles. The van der Waals surface area contributed by atoms with Crippen molar-refractivity contribution in [2.24, 2.45) is 0 Å². The van der Waals surface area contributed by atoms with E-state index in [1.54, 1.807) is 6.07 Å². The van der Waals surface area contributed by atoms with Crippen LogP contribution in [0.3, 0.4) is 0 Å². The van der Waals surface area contributed by atoms with Crippen molar-refractivity contribution < 1.29 is 9.90 Å². The summed E-state index contributed by atoms with van der Waals surface area (Å²) >= 11 is 0. The van der Waals surface area contributed by atoms with Crippen molar-refractivity contribution in [1.29, 1.82) is 0 Å². The van der Waals surface area contributed by atoms with Crippen LogP contribution in [0.5, 0.6) is 0 Å². The third-order valence-electron chi connectivity index (χ3n) is 2.71. The first-order valence-electron chi connectivity index (χ1n) is 6.39. The zero-order chi connectivity index (χ0) is 14.5. The van der Waals surface area contributed by atoms with Crippen molar-refractivity contribution in [3.05, 3.63) is 17.8 Å². The van der Waals surface area contributed by atoms with E-state index in [9.17, 15) is 4.79 Å². The Balaban J connectivity index is 2.70. The smallest absolute Gasteiger partial charge is 0.323 e. The van der Waals surface area contributed by atoms with Gasteiger partial charge < -0.3 is 10.0 Å². The second-order valence-corrected chi connectivity index (χ2v) is 5.29. The van der Waals surface area contributed by atoms with Crippen LogP contribution < -0.4 is 5.32 Å². The van der Waals surface area contributed by atoms with Crippen molar-refractivity contribution in [3.8, 4) is 0 Å². The van der Waals surface area contributed by atoms with Gasteiger partial charge >= 0.3 is 6.03 Å². The number of aromatic nitrogens is 2. The van der Waals surface area contributed by atoms with Gasteiger partial charge in [-0.05, 0) is 19.1 Å². The molecule has 0 spiro atoms. The molecule has 1 heterocycles. The molecule has 0 saturated carbocycles. The van der Waals surface area contributed by atoms with Gasteiger partial charge in [0.05, 0.1) is 12.3 Å². The minimum Gasteiger partial charge on any atom is -0.395 e. The van der Waals surface area contributed by atoms with Gasteiger partial charge in [0.15, 0.2) is 5.82 Å². The van der Waals surface area contributed by atoms with Crippen LogP contribution in [-0.2, 0) is 5.41 Å². The van der Waals surface area contributed by atoms with Crippen molar-refractivity contribution in [1.82, 2.24) is 15.1 Å². The minimum absolute atomic E-state index is 0.0596. The van der Waals surface area contributed by atoms with Gasteiger partial charge in [-0.1, -0.05) is 20.8 Å². The number of nitrogens with one attached hydrogen (secondary N) is 1. The predicted molar refractivity (Wildman–Crippen MR) is 74.1 cm³/mol. The Morgan fingerprint density at radius 1 is 1.37 bits per heavy atom. The number of carbonyl (C=O) groups is 1. The van der Waals surface area contributed by atoms with Crippen molar-refractivity contribution in [2.75, 3.05) is 25.0 Å². The fourth-order valence-corrected chi connectivity index (χ4v) is 1.51. The molecule has 2 N–H and O–H groups in total. The molecule has 0 aliphatic carbocycles. The lowest BCUT2D eigenvalue weighted by atomic mass is 9.92. The zero-order valence-electron chi connectivity index (χ0n) is 12.0. The normalized spacial score (nSPS) is 11.2. The first-order chi connectivity index (χ1) is 8.88. The Morgan fingerprint density at radius 3 is 2.47 bits per heavy atom. The molecule has 0 radical (unpaired) electrons. The predicted octanol–water partition coefficient (Wildman–Crippen LogP) is 1.62. The molecule has 106 valence electrons. The van der Waals surface area contributed by atoms with Crippen LogP contribution in [0.1, 0.15) is 33.4 Å². The van der Waals surface area contributed by atoms with E-state index in [0.717, 1.165) is 5.69 Å². The Kier molecular flexibility index (Phi) is 5.23. The average molecular weight is 266 g/mol. The minimum atomic E-state index is -0.283. The standard InChI is InChI=1S/C13H22N4O2/c1-5-17(8-9-18)12(19)14-11-7-6-10(15-16-11)13(2,3)4/h6-7,18H,5,8-9H2,1-4H3,(H,14,16,19). The van der Waals surface area contributed by atoms with Gasteiger partial charge in [0, 0.05) is 18.5 Å². The SMILES string of the molecule is CCN(CCO)C(=O)Nc1ccc(C(C)(C)C)nn1. The van der Waals surface area contributed by atoms with E-state index in [2.05, 4.69) is 36.3 Å². The third-order valence-corrected chi connectivity index (χ3v) is 2.71. The molecule has 19 heavy (non-hydrogen) atoms. The molecule has 0 unspecified atom stereocenters. The number of anilines is 1. The van der Waals surface area contributed by atoms with Crippen LogP contribution >= 0.6 is 0 Å². The lowest BCUT2D eigenvalue weighted by Crippen LogP contribution is -2.37. The molecule has 6 heteroatoms. The Morgan fingerprint density at radius 2 is 2.05 bits per heavy atom. The molecular weight excluding hydrogens is 244 g/mol. The Bertz CT molecular complexity index is 412. The van der Waals surface area contributed by atoms with E-state index < -0.39 is 0 Å². The van der Waals surface area contributed by atoms with E-state index in [1.165, 1.54) is 4.90 Å². The number of urea groups is 1. The highest BCUT2D eigenvalue weighted by Crippen LogP contribution is 2.19. The summed E-state index contributed by atoms with van der Waals surface area (Å²) in [5.41, 5.74) is 0.801. The third kappa shape index (κ3) is 4.48. The van der Waals surface area contributed by atoms with Gasteiger partial charge in [0.1, 0.15) is 0 Å². The van der Waals surface area contributed by atoms with Crippen molar-refractivity contribution in [3.63, 3.8) is 0 Å². The number of hydrogen-bond donors (Lipinski definition) is 2. The summed E-state index contributed by atoms with van der Waals surface area (Å²) in [7, 11) is 0. The molecule has 0 atom stereocenters. The van der Waals surface area contributed by atoms with Gasteiger partial charge in [-0.3, -0.25) is 5.32 Å². The average Bonchev–Trinajstić information content (AvgIpc) is 2.35. The molecule has 1 aromatic heterocycles. The summed E-state index contributed by atoms with van der Waals surface area (Å²) in [6.07, 6.45) is 0. The highest BCUT2D eigenvalue weighted by Gasteiger charge is 2.16. The Hall–Kier alpha value is -1.69. The number of carbonyl (C=O) groups excluding carboxylic acids is 1. The van der Waals surface area contributed by atoms with Gasteiger partial charge in [0.25, 0.3) is 0 Å². The summed E-state index contributed by atoms with van der Waals surface area (Å²) in [4.78, 5) is 13.4. The van der Waals surface area contributed by atoms with E-state index in [0.29, 0.717) is 18.9 Å². The largest absolute Gasteiger partial charge is 0.395 e. The maximum atomic E-state index is 11.9. The molecule has 1 rings (SSSR count). The molecular formula is C13H22N4O2. The first kappa shape index (κ1) is 15.4. The highest BCUT2D eigenvalue weighted by molar-refractivity contribution is 5.88. The maximum absolute atomic E-state index is 11.9. The van der Waals surface area contributed by atoms with Crippen LogP contribution in [0.2, 0.25) is 0 Å². The Labute approximate surface area is 113 Å². The van der Waals surface area contributed by atoms with Crippen LogP contribution in [0.4, 0.5) is 10.6 Å². The lowest BCUT2D eigenvalue weighted by molar-refractivity contribution is 0.192. The zero-order valence-corrected chi connectivity index (χ0v) is 12.0. The van der Waals surface area contributed by atoms with Gasteiger partial charge in [-0.2, -0.15) is 5.10 Å². The number of nitrogens with zero attached hydrogens (tertiary/aromatic N) is 3. The maximum Gasteiger partial charge on any atom is 0.323 e. The molecule has 0 fully saturated rings. The molecule has 6 nitrogen and oxygen atoms in total. The van der Waals surface area contributed by atoms with Gasteiger partial charge in [-0.25, -0.2) is 4.79 Å². The van der Waals surface area contributed by atoms with E-state index in [-0.39, 0.29) is 18.1 Å².